The Morgan fingerprint density at radius 2 is 2.07 bits per heavy atom. The van der Waals surface area contributed by atoms with E-state index in [1.807, 2.05) is 24.3 Å². The number of rotatable bonds is 4. The number of hydrogen-bond donors (Lipinski definition) is 2. The molecule has 1 aliphatic heterocycles. The Morgan fingerprint density at radius 1 is 1.31 bits per heavy atom. The highest BCUT2D eigenvalue weighted by molar-refractivity contribution is 14.0. The number of nitrogens with one attached hydrogen (secondary N) is 2. The van der Waals surface area contributed by atoms with E-state index in [1.54, 1.807) is 11.7 Å². The first-order valence-electron chi connectivity index (χ1n) is 8.76. The maximum atomic E-state index is 13.7. The number of benzene rings is 1. The number of aliphatic imine (C=N–C) groups is 1. The maximum Gasteiger partial charge on any atom is 0.243 e. The molecule has 0 bridgehead atoms. The molecule has 1 fully saturated rings. The largest absolute Gasteiger partial charge is 0.347 e. The van der Waals surface area contributed by atoms with Gasteiger partial charge in [-0.1, -0.05) is 0 Å². The van der Waals surface area contributed by atoms with E-state index >= 15 is 0 Å². The molecule has 7 nitrogen and oxygen atoms in total. The summed E-state index contributed by atoms with van der Waals surface area (Å²) in [5, 5.41) is 9.31. The van der Waals surface area contributed by atoms with Gasteiger partial charge in [0.15, 0.2) is 23.4 Å². The minimum atomic E-state index is -1.62. The molecule has 1 unspecified atom stereocenters. The Kier molecular flexibility index (Phi) is 7.88. The van der Waals surface area contributed by atoms with Crippen LogP contribution in [0.15, 0.2) is 29.5 Å². The Balaban J connectivity index is 0.00000300. The first-order chi connectivity index (χ1) is 13.4. The van der Waals surface area contributed by atoms with Gasteiger partial charge in [-0.3, -0.25) is 14.5 Å². The lowest BCUT2D eigenvalue weighted by molar-refractivity contribution is -0.115. The molecular weight excluding hydrogens is 500 g/mol. The van der Waals surface area contributed by atoms with E-state index in [1.165, 1.54) is 0 Å². The molecule has 2 N–H and O–H groups in total. The molecule has 0 radical (unpaired) electrons. The quantitative estimate of drug-likeness (QED) is 0.280. The molecule has 0 spiro atoms. The van der Waals surface area contributed by atoms with Gasteiger partial charge in [0.2, 0.25) is 5.91 Å². The van der Waals surface area contributed by atoms with Crippen molar-refractivity contribution in [3.8, 4) is 0 Å². The summed E-state index contributed by atoms with van der Waals surface area (Å²) in [6.45, 7) is 1.29. The first kappa shape index (κ1) is 23.0. The number of amides is 1. The number of carbonyl (C=O) groups excluding carboxylic acids is 1. The third-order valence-corrected chi connectivity index (χ3v) is 4.61. The summed E-state index contributed by atoms with van der Waals surface area (Å²) < 4.78 is 41.6. The highest BCUT2D eigenvalue weighted by Gasteiger charge is 2.27. The van der Waals surface area contributed by atoms with Crippen LogP contribution in [-0.2, 0) is 11.8 Å². The molecule has 1 aromatic heterocycles. The summed E-state index contributed by atoms with van der Waals surface area (Å²) in [7, 11) is 3.47. The molecule has 11 heteroatoms. The van der Waals surface area contributed by atoms with Gasteiger partial charge in [-0.05, 0) is 24.1 Å². The fourth-order valence-corrected chi connectivity index (χ4v) is 3.18. The molecule has 2 aromatic rings. The van der Waals surface area contributed by atoms with Crippen molar-refractivity contribution in [2.45, 2.75) is 12.3 Å². The number of guanidine groups is 1. The fraction of sp³-hybridized carbons (Fsp3) is 0.389. The van der Waals surface area contributed by atoms with Crippen LogP contribution in [0.4, 0.5) is 18.9 Å². The molecule has 29 heavy (non-hydrogen) atoms. The van der Waals surface area contributed by atoms with Crippen LogP contribution in [0.3, 0.4) is 0 Å². The molecule has 1 atom stereocenters. The highest BCUT2D eigenvalue weighted by Crippen LogP contribution is 2.26. The van der Waals surface area contributed by atoms with Crippen LogP contribution < -0.4 is 10.6 Å². The number of likely N-dealkylation sites (tertiary alicyclic amines) is 1. The number of aromatic nitrogens is 2. The van der Waals surface area contributed by atoms with Crippen molar-refractivity contribution in [3.63, 3.8) is 0 Å². The van der Waals surface area contributed by atoms with Crippen LogP contribution in [0, 0.1) is 17.5 Å². The van der Waals surface area contributed by atoms with E-state index in [2.05, 4.69) is 20.7 Å². The molecule has 158 valence electrons. The zero-order valence-electron chi connectivity index (χ0n) is 16.0. The second-order valence-electron chi connectivity index (χ2n) is 6.55. The molecule has 0 saturated carbocycles. The van der Waals surface area contributed by atoms with Crippen LogP contribution in [0.1, 0.15) is 17.9 Å². The number of nitrogens with zero attached hydrogens (tertiary/aromatic N) is 4. The van der Waals surface area contributed by atoms with Gasteiger partial charge >= 0.3 is 0 Å². The van der Waals surface area contributed by atoms with Gasteiger partial charge in [0.1, 0.15) is 0 Å². The fourth-order valence-electron chi connectivity index (χ4n) is 3.18. The minimum Gasteiger partial charge on any atom is -0.347 e. The van der Waals surface area contributed by atoms with Gasteiger partial charge in [-0.15, -0.1) is 24.0 Å². The summed E-state index contributed by atoms with van der Waals surface area (Å²) in [6, 6.07) is 1.72. The van der Waals surface area contributed by atoms with Crippen molar-refractivity contribution in [1.29, 1.82) is 0 Å². The standard InChI is InChI=1S/C18H21F3N6O.HI/c1-22-18(27-6-5-11(10-27)12-7-24-26(2)9-12)23-8-15(28)25-14-4-3-13(19)16(20)17(14)21;/h3-4,7,9,11H,5-6,8,10H2,1-2H3,(H,22,23)(H,25,28);1H. The van der Waals surface area contributed by atoms with Crippen molar-refractivity contribution in [2.24, 2.45) is 12.0 Å². The van der Waals surface area contributed by atoms with Crippen molar-refractivity contribution < 1.29 is 18.0 Å². The van der Waals surface area contributed by atoms with Gasteiger partial charge in [-0.2, -0.15) is 5.10 Å². The molecule has 1 saturated heterocycles. The van der Waals surface area contributed by atoms with Crippen molar-refractivity contribution in [3.05, 3.63) is 47.5 Å². The number of hydrogen-bond acceptors (Lipinski definition) is 3. The average Bonchev–Trinajstić information content (AvgIpc) is 3.32. The second-order valence-corrected chi connectivity index (χ2v) is 6.55. The normalized spacial score (nSPS) is 16.5. The summed E-state index contributed by atoms with van der Waals surface area (Å²) >= 11 is 0. The van der Waals surface area contributed by atoms with Gasteiger partial charge in [0.25, 0.3) is 0 Å². The molecule has 3 rings (SSSR count). The minimum absolute atomic E-state index is 0. The third kappa shape index (κ3) is 5.40. The van der Waals surface area contributed by atoms with E-state index < -0.39 is 29.0 Å². The molecule has 0 aliphatic carbocycles. The predicted octanol–water partition coefficient (Wildman–Crippen LogP) is 2.46. The molecule has 1 aliphatic rings. The van der Waals surface area contributed by atoms with E-state index in [4.69, 9.17) is 0 Å². The molecule has 1 aromatic carbocycles. The lowest BCUT2D eigenvalue weighted by atomic mass is 10.0. The van der Waals surface area contributed by atoms with Gasteiger partial charge in [0, 0.05) is 39.3 Å². The van der Waals surface area contributed by atoms with Crippen molar-refractivity contribution in [1.82, 2.24) is 20.0 Å². The zero-order valence-corrected chi connectivity index (χ0v) is 18.3. The summed E-state index contributed by atoms with van der Waals surface area (Å²) in [5.74, 6) is -4.12. The average molecular weight is 522 g/mol. The number of anilines is 1. The third-order valence-electron chi connectivity index (χ3n) is 4.61. The number of carbonyl (C=O) groups is 1. The number of aryl methyl sites for hydroxylation is 1. The lowest BCUT2D eigenvalue weighted by Crippen LogP contribution is -2.43. The summed E-state index contributed by atoms with van der Waals surface area (Å²) in [4.78, 5) is 18.2. The van der Waals surface area contributed by atoms with Gasteiger partial charge in [0.05, 0.1) is 18.4 Å². The van der Waals surface area contributed by atoms with E-state index in [0.29, 0.717) is 11.9 Å². The monoisotopic (exact) mass is 522 g/mol. The van der Waals surface area contributed by atoms with E-state index in [-0.39, 0.29) is 30.5 Å². The van der Waals surface area contributed by atoms with Crippen molar-refractivity contribution >= 4 is 41.5 Å². The van der Waals surface area contributed by atoms with E-state index in [0.717, 1.165) is 37.2 Å². The Bertz CT molecular complexity index is 904. The second kappa shape index (κ2) is 9.94. The van der Waals surface area contributed by atoms with Crippen LogP contribution in [0.5, 0.6) is 0 Å². The molecular formula is C18H22F3IN6O. The van der Waals surface area contributed by atoms with Crippen LogP contribution >= 0.6 is 24.0 Å². The van der Waals surface area contributed by atoms with Crippen LogP contribution in [0.2, 0.25) is 0 Å². The molecule has 2 heterocycles. The summed E-state index contributed by atoms with van der Waals surface area (Å²) in [5.41, 5.74) is 0.727. The smallest absolute Gasteiger partial charge is 0.243 e. The maximum absolute atomic E-state index is 13.7. The Morgan fingerprint density at radius 3 is 2.72 bits per heavy atom. The zero-order chi connectivity index (χ0) is 20.3. The topological polar surface area (TPSA) is 74.6 Å². The van der Waals surface area contributed by atoms with E-state index in [9.17, 15) is 18.0 Å². The SMILES string of the molecule is CN=C(NCC(=O)Nc1ccc(F)c(F)c1F)N1CCC(c2cnn(C)c2)C1.I. The van der Waals surface area contributed by atoms with Crippen LogP contribution in [0.25, 0.3) is 0 Å². The number of halogens is 4. The Labute approximate surface area is 183 Å². The molecule has 1 amide bonds. The Hall–Kier alpha value is -2.31. The first-order valence-corrected chi connectivity index (χ1v) is 8.76. The van der Waals surface area contributed by atoms with Crippen molar-refractivity contribution in [2.75, 3.05) is 32.0 Å². The van der Waals surface area contributed by atoms with Crippen LogP contribution in [-0.4, -0.2) is 53.2 Å². The lowest BCUT2D eigenvalue weighted by Gasteiger charge is -2.21. The van der Waals surface area contributed by atoms with Gasteiger partial charge < -0.3 is 15.5 Å². The van der Waals surface area contributed by atoms with Gasteiger partial charge in [-0.25, -0.2) is 13.2 Å². The highest BCUT2D eigenvalue weighted by atomic mass is 127. The predicted molar refractivity (Wildman–Crippen MR) is 114 cm³/mol. The summed E-state index contributed by atoms with van der Waals surface area (Å²) in [6.07, 6.45) is 4.75.